The monoisotopic (exact) mass is 257 g/mol. The van der Waals surface area contributed by atoms with Crippen LogP contribution in [0.25, 0.3) is 10.9 Å². The number of hydrogen-bond donors (Lipinski definition) is 1. The first kappa shape index (κ1) is 13.8. The van der Waals surface area contributed by atoms with E-state index < -0.39 is 0 Å². The van der Waals surface area contributed by atoms with Crippen molar-refractivity contribution < 1.29 is 0 Å². The fourth-order valence-corrected chi connectivity index (χ4v) is 2.39. The van der Waals surface area contributed by atoms with Crippen molar-refractivity contribution in [3.8, 4) is 0 Å². The Balaban J connectivity index is 2.57. The van der Waals surface area contributed by atoms with Crippen molar-refractivity contribution in [1.82, 2.24) is 4.98 Å². The molecule has 0 bridgehead atoms. The van der Waals surface area contributed by atoms with Gasteiger partial charge in [-0.1, -0.05) is 6.07 Å². The second-order valence-electron chi connectivity index (χ2n) is 6.19. The van der Waals surface area contributed by atoms with Crippen molar-refractivity contribution in [2.75, 3.05) is 19.0 Å². The second kappa shape index (κ2) is 4.82. The molecule has 0 aliphatic carbocycles. The second-order valence-corrected chi connectivity index (χ2v) is 6.19. The molecule has 0 spiro atoms. The maximum absolute atomic E-state index is 6.11. The van der Waals surface area contributed by atoms with Crippen LogP contribution in [0, 0.1) is 6.92 Å². The van der Waals surface area contributed by atoms with Crippen LogP contribution in [0.1, 0.15) is 25.1 Å². The summed E-state index contributed by atoms with van der Waals surface area (Å²) in [6.45, 7) is 6.14. The number of pyridine rings is 1. The van der Waals surface area contributed by atoms with Gasteiger partial charge in [-0.15, -0.1) is 0 Å². The third-order valence-corrected chi connectivity index (χ3v) is 3.12. The molecule has 1 heterocycles. The van der Waals surface area contributed by atoms with Crippen LogP contribution < -0.4 is 10.6 Å². The summed E-state index contributed by atoms with van der Waals surface area (Å²) in [5.74, 6) is 0. The van der Waals surface area contributed by atoms with Crippen LogP contribution in [0.5, 0.6) is 0 Å². The van der Waals surface area contributed by atoms with E-state index in [9.17, 15) is 0 Å². The van der Waals surface area contributed by atoms with Crippen molar-refractivity contribution >= 4 is 16.6 Å². The quantitative estimate of drug-likeness (QED) is 0.919. The van der Waals surface area contributed by atoms with E-state index in [1.165, 1.54) is 16.6 Å². The van der Waals surface area contributed by atoms with Gasteiger partial charge < -0.3 is 10.6 Å². The van der Waals surface area contributed by atoms with Gasteiger partial charge in [-0.2, -0.15) is 0 Å². The van der Waals surface area contributed by atoms with E-state index >= 15 is 0 Å². The van der Waals surface area contributed by atoms with Crippen LogP contribution in [-0.2, 0) is 6.42 Å². The molecule has 2 rings (SSSR count). The number of hydrogen-bond acceptors (Lipinski definition) is 3. The molecule has 0 saturated heterocycles. The summed E-state index contributed by atoms with van der Waals surface area (Å²) < 4.78 is 0. The Bertz CT molecular complexity index is 595. The van der Waals surface area contributed by atoms with Crippen molar-refractivity contribution in [2.24, 2.45) is 5.73 Å². The predicted octanol–water partition coefficient (Wildman–Crippen LogP) is 2.89. The number of anilines is 1. The number of nitrogens with two attached hydrogens (primary N) is 1. The third-order valence-electron chi connectivity index (χ3n) is 3.12. The van der Waals surface area contributed by atoms with E-state index in [0.717, 1.165) is 17.6 Å². The zero-order chi connectivity index (χ0) is 14.2. The maximum Gasteiger partial charge on any atom is 0.0726 e. The number of aryl methyl sites for hydroxylation is 1. The SMILES string of the molecule is Cc1cc(N(C)C)c2cc(CC(C)(C)N)ccc2n1. The Kier molecular flexibility index (Phi) is 3.50. The number of benzene rings is 1. The first-order chi connectivity index (χ1) is 8.76. The highest BCUT2D eigenvalue weighted by molar-refractivity contribution is 5.92. The van der Waals surface area contributed by atoms with Crippen molar-refractivity contribution in [2.45, 2.75) is 32.7 Å². The van der Waals surface area contributed by atoms with Crippen molar-refractivity contribution in [3.05, 3.63) is 35.5 Å². The zero-order valence-corrected chi connectivity index (χ0v) is 12.5. The van der Waals surface area contributed by atoms with Gasteiger partial charge in [-0.3, -0.25) is 4.98 Å². The summed E-state index contributed by atoms with van der Waals surface area (Å²) in [4.78, 5) is 6.73. The molecular formula is C16H23N3. The minimum atomic E-state index is -0.190. The third kappa shape index (κ3) is 3.24. The van der Waals surface area contributed by atoms with Crippen molar-refractivity contribution in [1.29, 1.82) is 0 Å². The summed E-state index contributed by atoms with van der Waals surface area (Å²) in [6, 6.07) is 8.56. The van der Waals surface area contributed by atoms with E-state index in [1.807, 2.05) is 6.92 Å². The fraction of sp³-hybridized carbons (Fsp3) is 0.438. The van der Waals surface area contributed by atoms with Gasteiger partial charge in [0.05, 0.1) is 5.52 Å². The number of aromatic nitrogens is 1. The van der Waals surface area contributed by atoms with Crippen LogP contribution in [0.2, 0.25) is 0 Å². The molecule has 0 aliphatic rings. The summed E-state index contributed by atoms with van der Waals surface area (Å²) in [7, 11) is 4.13. The minimum absolute atomic E-state index is 0.190. The summed E-state index contributed by atoms with van der Waals surface area (Å²) in [5, 5.41) is 1.19. The lowest BCUT2D eigenvalue weighted by Crippen LogP contribution is -2.34. The number of fused-ring (bicyclic) bond motifs is 1. The molecule has 2 aromatic rings. The molecule has 1 aromatic heterocycles. The van der Waals surface area contributed by atoms with Gasteiger partial charge in [0.15, 0.2) is 0 Å². The van der Waals surface area contributed by atoms with Crippen LogP contribution in [-0.4, -0.2) is 24.6 Å². The van der Waals surface area contributed by atoms with E-state index in [-0.39, 0.29) is 5.54 Å². The van der Waals surface area contributed by atoms with Gasteiger partial charge in [0.2, 0.25) is 0 Å². The Morgan fingerprint density at radius 1 is 1.21 bits per heavy atom. The Hall–Kier alpha value is -1.61. The average Bonchev–Trinajstić information content (AvgIpc) is 2.26. The fourth-order valence-electron chi connectivity index (χ4n) is 2.39. The lowest BCUT2D eigenvalue weighted by Gasteiger charge is -2.20. The van der Waals surface area contributed by atoms with Gasteiger partial charge in [-0.25, -0.2) is 0 Å². The van der Waals surface area contributed by atoms with E-state index in [4.69, 9.17) is 5.73 Å². The van der Waals surface area contributed by atoms with Crippen LogP contribution in [0.3, 0.4) is 0 Å². The molecule has 0 aliphatic heterocycles. The van der Waals surface area contributed by atoms with Crippen LogP contribution in [0.15, 0.2) is 24.3 Å². The lowest BCUT2D eigenvalue weighted by molar-refractivity contribution is 0.517. The molecule has 102 valence electrons. The highest BCUT2D eigenvalue weighted by atomic mass is 15.1. The standard InChI is InChI=1S/C16H23N3/c1-11-8-15(19(4)5)13-9-12(10-16(2,3)17)6-7-14(13)18-11/h6-9H,10,17H2,1-5H3. The molecule has 2 N–H and O–H groups in total. The molecule has 0 saturated carbocycles. The molecule has 0 amide bonds. The Morgan fingerprint density at radius 2 is 1.89 bits per heavy atom. The smallest absolute Gasteiger partial charge is 0.0726 e. The molecule has 3 heteroatoms. The molecular weight excluding hydrogens is 234 g/mol. The zero-order valence-electron chi connectivity index (χ0n) is 12.5. The molecule has 3 nitrogen and oxygen atoms in total. The lowest BCUT2D eigenvalue weighted by atomic mass is 9.95. The van der Waals surface area contributed by atoms with Gasteiger partial charge in [0.25, 0.3) is 0 Å². The molecule has 19 heavy (non-hydrogen) atoms. The van der Waals surface area contributed by atoms with E-state index in [2.05, 4.69) is 62.1 Å². The molecule has 1 aromatic carbocycles. The van der Waals surface area contributed by atoms with Crippen LogP contribution >= 0.6 is 0 Å². The van der Waals surface area contributed by atoms with E-state index in [1.54, 1.807) is 0 Å². The highest BCUT2D eigenvalue weighted by Crippen LogP contribution is 2.27. The minimum Gasteiger partial charge on any atom is -0.377 e. The summed E-state index contributed by atoms with van der Waals surface area (Å²) in [5.41, 5.74) is 10.5. The summed E-state index contributed by atoms with van der Waals surface area (Å²) >= 11 is 0. The Morgan fingerprint density at radius 3 is 2.47 bits per heavy atom. The van der Waals surface area contributed by atoms with Gasteiger partial charge in [0.1, 0.15) is 0 Å². The predicted molar refractivity (Wildman–Crippen MR) is 82.8 cm³/mol. The molecule has 0 unspecified atom stereocenters. The van der Waals surface area contributed by atoms with Crippen molar-refractivity contribution in [3.63, 3.8) is 0 Å². The van der Waals surface area contributed by atoms with Gasteiger partial charge in [-0.05, 0) is 51.0 Å². The topological polar surface area (TPSA) is 42.1 Å². The molecule has 0 radical (unpaired) electrons. The number of rotatable bonds is 3. The summed E-state index contributed by atoms with van der Waals surface area (Å²) in [6.07, 6.45) is 0.865. The normalized spacial score (nSPS) is 11.9. The largest absolute Gasteiger partial charge is 0.377 e. The first-order valence-corrected chi connectivity index (χ1v) is 6.63. The average molecular weight is 257 g/mol. The maximum atomic E-state index is 6.11. The van der Waals surface area contributed by atoms with E-state index in [0.29, 0.717) is 0 Å². The molecule has 0 atom stereocenters. The Labute approximate surface area is 115 Å². The number of nitrogens with zero attached hydrogens (tertiary/aromatic N) is 2. The van der Waals surface area contributed by atoms with Gasteiger partial charge in [0, 0.05) is 36.4 Å². The van der Waals surface area contributed by atoms with Gasteiger partial charge >= 0.3 is 0 Å². The first-order valence-electron chi connectivity index (χ1n) is 6.63. The molecule has 0 fully saturated rings. The van der Waals surface area contributed by atoms with Crippen LogP contribution in [0.4, 0.5) is 5.69 Å². The highest BCUT2D eigenvalue weighted by Gasteiger charge is 2.13.